The second-order valence-corrected chi connectivity index (χ2v) is 3.83. The van der Waals surface area contributed by atoms with Crippen LogP contribution < -0.4 is 10.6 Å². The van der Waals surface area contributed by atoms with Gasteiger partial charge in [-0.3, -0.25) is 0 Å². The molecule has 1 rings (SSSR count). The molecule has 1 unspecified atom stereocenters. The maximum Gasteiger partial charge on any atom is 0.0481 e. The summed E-state index contributed by atoms with van der Waals surface area (Å²) in [6, 6.07) is 8.40. The van der Waals surface area contributed by atoms with Gasteiger partial charge in [0, 0.05) is 38.2 Å². The molecule has 1 aromatic carbocycles. The van der Waals surface area contributed by atoms with E-state index >= 15 is 0 Å². The Bertz CT molecular complexity index is 284. The van der Waals surface area contributed by atoms with Crippen molar-refractivity contribution in [1.82, 2.24) is 0 Å². The highest BCUT2D eigenvalue weighted by atomic mass is 16.5. The molecule has 0 radical (unpaired) electrons. The molecule has 0 amide bonds. The molecular formula is C12H20N2O. The maximum absolute atomic E-state index is 5.64. The lowest BCUT2D eigenvalue weighted by atomic mass is 10.2. The molecule has 84 valence electrons. The number of nitrogen functional groups attached to an aromatic ring is 1. The number of methoxy groups -OCH3 is 1. The van der Waals surface area contributed by atoms with Gasteiger partial charge in [-0.05, 0) is 37.6 Å². The van der Waals surface area contributed by atoms with Gasteiger partial charge in [0.15, 0.2) is 0 Å². The second-order valence-electron chi connectivity index (χ2n) is 3.83. The third kappa shape index (κ3) is 3.44. The molecular weight excluding hydrogens is 188 g/mol. The first kappa shape index (κ1) is 11.9. The van der Waals surface area contributed by atoms with Gasteiger partial charge in [0.25, 0.3) is 0 Å². The smallest absolute Gasteiger partial charge is 0.0481 e. The molecule has 0 heterocycles. The second kappa shape index (κ2) is 5.61. The van der Waals surface area contributed by atoms with E-state index < -0.39 is 0 Å². The average molecular weight is 208 g/mol. The third-order valence-corrected chi connectivity index (χ3v) is 2.70. The standard InChI is InChI=1S/C12H20N2O/c1-10(8-9-15-3)14(2)12-6-4-11(13)5-7-12/h4-7,10H,8-9,13H2,1-3H3. The van der Waals surface area contributed by atoms with Crippen LogP contribution in [0.15, 0.2) is 24.3 Å². The normalized spacial score (nSPS) is 12.5. The molecule has 2 N–H and O–H groups in total. The highest BCUT2D eigenvalue weighted by Crippen LogP contribution is 2.18. The maximum atomic E-state index is 5.64. The summed E-state index contributed by atoms with van der Waals surface area (Å²) in [6.45, 7) is 2.98. The van der Waals surface area contributed by atoms with Crippen molar-refractivity contribution in [2.24, 2.45) is 0 Å². The summed E-state index contributed by atoms with van der Waals surface area (Å²) < 4.78 is 5.07. The van der Waals surface area contributed by atoms with E-state index in [9.17, 15) is 0 Å². The molecule has 0 aliphatic heterocycles. The molecule has 0 spiro atoms. The minimum Gasteiger partial charge on any atom is -0.399 e. The third-order valence-electron chi connectivity index (χ3n) is 2.70. The van der Waals surface area contributed by atoms with Gasteiger partial charge in [0.2, 0.25) is 0 Å². The minimum atomic E-state index is 0.466. The van der Waals surface area contributed by atoms with Crippen molar-refractivity contribution in [3.8, 4) is 0 Å². The van der Waals surface area contributed by atoms with Crippen LogP contribution >= 0.6 is 0 Å². The molecule has 0 aromatic heterocycles. The molecule has 0 aliphatic carbocycles. The molecule has 1 aromatic rings. The SMILES string of the molecule is COCCC(C)N(C)c1ccc(N)cc1. The summed E-state index contributed by atoms with van der Waals surface area (Å²) in [5, 5.41) is 0. The summed E-state index contributed by atoms with van der Waals surface area (Å²) in [5.74, 6) is 0. The van der Waals surface area contributed by atoms with Crippen molar-refractivity contribution in [1.29, 1.82) is 0 Å². The Hall–Kier alpha value is -1.22. The Balaban J connectivity index is 2.59. The summed E-state index contributed by atoms with van der Waals surface area (Å²) in [5.41, 5.74) is 7.63. The highest BCUT2D eigenvalue weighted by Gasteiger charge is 2.08. The summed E-state index contributed by atoms with van der Waals surface area (Å²) in [7, 11) is 3.82. The van der Waals surface area contributed by atoms with Crippen LogP contribution in [0.5, 0.6) is 0 Å². The van der Waals surface area contributed by atoms with Gasteiger partial charge in [-0.15, -0.1) is 0 Å². The van der Waals surface area contributed by atoms with Crippen molar-refractivity contribution < 1.29 is 4.74 Å². The number of hydrogen-bond acceptors (Lipinski definition) is 3. The quantitative estimate of drug-likeness (QED) is 0.753. The number of anilines is 2. The zero-order valence-corrected chi connectivity index (χ0v) is 9.73. The molecule has 1 atom stereocenters. The van der Waals surface area contributed by atoms with E-state index in [2.05, 4.69) is 18.9 Å². The number of hydrogen-bond donors (Lipinski definition) is 1. The van der Waals surface area contributed by atoms with E-state index in [1.54, 1.807) is 7.11 Å². The summed E-state index contributed by atoms with van der Waals surface area (Å²) in [4.78, 5) is 2.23. The van der Waals surface area contributed by atoms with E-state index in [0.717, 1.165) is 18.7 Å². The van der Waals surface area contributed by atoms with Gasteiger partial charge in [-0.25, -0.2) is 0 Å². The number of rotatable bonds is 5. The lowest BCUT2D eigenvalue weighted by molar-refractivity contribution is 0.189. The summed E-state index contributed by atoms with van der Waals surface area (Å²) >= 11 is 0. The van der Waals surface area contributed by atoms with Gasteiger partial charge in [-0.2, -0.15) is 0 Å². The monoisotopic (exact) mass is 208 g/mol. The van der Waals surface area contributed by atoms with Crippen LogP contribution in [0.1, 0.15) is 13.3 Å². The fraction of sp³-hybridized carbons (Fsp3) is 0.500. The largest absolute Gasteiger partial charge is 0.399 e. The van der Waals surface area contributed by atoms with Crippen molar-refractivity contribution in [2.75, 3.05) is 31.4 Å². The zero-order valence-electron chi connectivity index (χ0n) is 9.73. The van der Waals surface area contributed by atoms with Crippen molar-refractivity contribution in [3.63, 3.8) is 0 Å². The van der Waals surface area contributed by atoms with Crippen LogP contribution in [0.2, 0.25) is 0 Å². The Labute approximate surface area is 91.8 Å². The topological polar surface area (TPSA) is 38.5 Å². The highest BCUT2D eigenvalue weighted by molar-refractivity contribution is 5.53. The van der Waals surface area contributed by atoms with Crippen LogP contribution in [0.4, 0.5) is 11.4 Å². The molecule has 0 aliphatic rings. The Morgan fingerprint density at radius 3 is 2.47 bits per heavy atom. The molecule has 0 bridgehead atoms. The lowest BCUT2D eigenvalue weighted by Gasteiger charge is -2.26. The first-order valence-electron chi connectivity index (χ1n) is 5.22. The lowest BCUT2D eigenvalue weighted by Crippen LogP contribution is -2.29. The van der Waals surface area contributed by atoms with Gasteiger partial charge in [0.1, 0.15) is 0 Å². The fourth-order valence-electron chi connectivity index (χ4n) is 1.45. The molecule has 0 fully saturated rings. The molecule has 15 heavy (non-hydrogen) atoms. The van der Waals surface area contributed by atoms with Crippen molar-refractivity contribution >= 4 is 11.4 Å². The number of nitrogens with two attached hydrogens (primary N) is 1. The van der Waals surface area contributed by atoms with E-state index in [0.29, 0.717) is 6.04 Å². The van der Waals surface area contributed by atoms with Crippen LogP contribution in [0, 0.1) is 0 Å². The predicted octanol–water partition coefficient (Wildman–Crippen LogP) is 2.13. The first-order chi connectivity index (χ1) is 7.15. The van der Waals surface area contributed by atoms with Crippen LogP contribution in [-0.4, -0.2) is 26.8 Å². The van der Waals surface area contributed by atoms with Gasteiger partial charge < -0.3 is 15.4 Å². The average Bonchev–Trinajstić information content (AvgIpc) is 2.26. The van der Waals surface area contributed by atoms with E-state index in [4.69, 9.17) is 10.5 Å². The molecule has 3 heteroatoms. The van der Waals surface area contributed by atoms with E-state index in [-0.39, 0.29) is 0 Å². The number of ether oxygens (including phenoxy) is 1. The van der Waals surface area contributed by atoms with Crippen LogP contribution in [0.3, 0.4) is 0 Å². The number of benzene rings is 1. The molecule has 3 nitrogen and oxygen atoms in total. The summed E-state index contributed by atoms with van der Waals surface area (Å²) in [6.07, 6.45) is 1.03. The minimum absolute atomic E-state index is 0.466. The first-order valence-corrected chi connectivity index (χ1v) is 5.22. The van der Waals surface area contributed by atoms with Crippen LogP contribution in [-0.2, 0) is 4.74 Å². The molecule has 0 saturated heterocycles. The van der Waals surface area contributed by atoms with Gasteiger partial charge in [0.05, 0.1) is 0 Å². The fourth-order valence-corrected chi connectivity index (χ4v) is 1.45. The van der Waals surface area contributed by atoms with Crippen LogP contribution in [0.25, 0.3) is 0 Å². The predicted molar refractivity (Wildman–Crippen MR) is 65.2 cm³/mol. The van der Waals surface area contributed by atoms with Gasteiger partial charge >= 0.3 is 0 Å². The Morgan fingerprint density at radius 2 is 1.93 bits per heavy atom. The number of nitrogens with zero attached hydrogens (tertiary/aromatic N) is 1. The van der Waals surface area contributed by atoms with Crippen molar-refractivity contribution in [2.45, 2.75) is 19.4 Å². The van der Waals surface area contributed by atoms with Crippen molar-refractivity contribution in [3.05, 3.63) is 24.3 Å². The van der Waals surface area contributed by atoms with Gasteiger partial charge in [-0.1, -0.05) is 0 Å². The van der Waals surface area contributed by atoms with E-state index in [1.165, 1.54) is 5.69 Å². The van der Waals surface area contributed by atoms with E-state index in [1.807, 2.05) is 24.3 Å². The Kier molecular flexibility index (Phi) is 4.43. The Morgan fingerprint density at radius 1 is 1.33 bits per heavy atom. The zero-order chi connectivity index (χ0) is 11.3. The molecule has 0 saturated carbocycles.